The average molecular weight is 280 g/mol. The van der Waals surface area contributed by atoms with Gasteiger partial charge in [0.15, 0.2) is 0 Å². The summed E-state index contributed by atoms with van der Waals surface area (Å²) in [5, 5.41) is 3.32. The summed E-state index contributed by atoms with van der Waals surface area (Å²) in [7, 11) is 1.60. The Morgan fingerprint density at radius 2 is 2.25 bits per heavy atom. The number of nitrogens with zero attached hydrogens (tertiary/aromatic N) is 1. The number of ether oxygens (including phenoxy) is 1. The van der Waals surface area contributed by atoms with Crippen LogP contribution < -0.4 is 5.32 Å². The highest BCUT2D eigenvalue weighted by Gasteiger charge is 2.46. The molecule has 2 unspecified atom stereocenters. The van der Waals surface area contributed by atoms with Gasteiger partial charge in [0.2, 0.25) is 5.91 Å². The monoisotopic (exact) mass is 280 g/mol. The number of rotatable bonds is 5. The number of halogens is 1. The van der Waals surface area contributed by atoms with E-state index in [1.807, 2.05) is 19.9 Å². The fourth-order valence-electron chi connectivity index (χ4n) is 2.49. The number of nitrogens with one attached hydrogen (secondary N) is 1. The van der Waals surface area contributed by atoms with Crippen molar-refractivity contribution in [2.75, 3.05) is 20.3 Å². The minimum Gasteiger partial charge on any atom is -0.383 e. The second kappa shape index (κ2) is 5.89. The van der Waals surface area contributed by atoms with Gasteiger partial charge in [-0.15, -0.1) is 0 Å². The quantitative estimate of drug-likeness (QED) is 0.897. The van der Waals surface area contributed by atoms with Crippen LogP contribution in [0.3, 0.4) is 0 Å². The van der Waals surface area contributed by atoms with Crippen LogP contribution in [-0.4, -0.2) is 36.6 Å². The van der Waals surface area contributed by atoms with Crippen LogP contribution in [-0.2, 0) is 9.53 Å². The molecule has 0 bridgehead atoms. The van der Waals surface area contributed by atoms with E-state index in [1.54, 1.807) is 18.1 Å². The molecule has 2 rings (SSSR count). The molecule has 1 aromatic rings. The Hall–Kier alpha value is -1.46. The molecular formula is C15H21FN2O2. The predicted octanol–water partition coefficient (Wildman–Crippen LogP) is 2.07. The first kappa shape index (κ1) is 14.9. The Bertz CT molecular complexity index is 495. The molecule has 5 heteroatoms. The van der Waals surface area contributed by atoms with Gasteiger partial charge < -0.3 is 9.64 Å². The van der Waals surface area contributed by atoms with Gasteiger partial charge in [0.05, 0.1) is 12.1 Å². The Morgan fingerprint density at radius 3 is 2.85 bits per heavy atom. The molecule has 1 fully saturated rings. The van der Waals surface area contributed by atoms with Crippen molar-refractivity contribution in [2.45, 2.75) is 32.0 Å². The van der Waals surface area contributed by atoms with Crippen molar-refractivity contribution in [3.8, 4) is 0 Å². The first-order valence-corrected chi connectivity index (χ1v) is 6.85. The number of benzene rings is 1. The fourth-order valence-corrected chi connectivity index (χ4v) is 2.49. The molecule has 20 heavy (non-hydrogen) atoms. The van der Waals surface area contributed by atoms with Crippen molar-refractivity contribution >= 4 is 5.91 Å². The number of carbonyl (C=O) groups is 1. The molecule has 1 aliphatic rings. The van der Waals surface area contributed by atoms with Crippen LogP contribution >= 0.6 is 0 Å². The lowest BCUT2D eigenvalue weighted by Gasteiger charge is -2.24. The molecule has 1 amide bonds. The second-order valence-corrected chi connectivity index (χ2v) is 5.28. The second-order valence-electron chi connectivity index (χ2n) is 5.28. The molecular weight excluding hydrogens is 259 g/mol. The molecule has 4 nitrogen and oxygen atoms in total. The lowest BCUT2D eigenvalue weighted by Crippen LogP contribution is -2.43. The highest BCUT2D eigenvalue weighted by Crippen LogP contribution is 2.32. The molecule has 0 spiro atoms. The van der Waals surface area contributed by atoms with E-state index in [0.29, 0.717) is 19.6 Å². The zero-order valence-electron chi connectivity index (χ0n) is 12.1. The molecule has 2 atom stereocenters. The van der Waals surface area contributed by atoms with E-state index in [1.165, 1.54) is 12.1 Å². The maximum Gasteiger partial charge on any atom is 0.244 e. The van der Waals surface area contributed by atoms with E-state index in [4.69, 9.17) is 4.74 Å². The zero-order chi connectivity index (χ0) is 14.8. The summed E-state index contributed by atoms with van der Waals surface area (Å²) in [6.45, 7) is 4.79. The van der Waals surface area contributed by atoms with Crippen molar-refractivity contribution in [1.82, 2.24) is 10.2 Å². The van der Waals surface area contributed by atoms with Crippen molar-refractivity contribution in [2.24, 2.45) is 0 Å². The number of hydrogen-bond donors (Lipinski definition) is 1. The van der Waals surface area contributed by atoms with E-state index in [-0.39, 0.29) is 17.9 Å². The van der Waals surface area contributed by atoms with Gasteiger partial charge in [-0.25, -0.2) is 4.39 Å². The largest absolute Gasteiger partial charge is 0.383 e. The van der Waals surface area contributed by atoms with Crippen LogP contribution in [0.15, 0.2) is 24.3 Å². The van der Waals surface area contributed by atoms with Gasteiger partial charge in [0.1, 0.15) is 12.0 Å². The normalized spacial score (nSPS) is 26.3. The van der Waals surface area contributed by atoms with Gasteiger partial charge in [-0.05, 0) is 31.0 Å². The van der Waals surface area contributed by atoms with E-state index in [0.717, 1.165) is 5.56 Å². The van der Waals surface area contributed by atoms with E-state index in [2.05, 4.69) is 5.32 Å². The average Bonchev–Trinajstić information content (AvgIpc) is 2.70. The summed E-state index contributed by atoms with van der Waals surface area (Å²) in [6.07, 6.45) is 0.375. The van der Waals surface area contributed by atoms with Crippen LogP contribution in [0.1, 0.15) is 32.0 Å². The highest BCUT2D eigenvalue weighted by molar-refractivity contribution is 5.88. The summed E-state index contributed by atoms with van der Waals surface area (Å²) in [5.41, 5.74) is 0.150. The van der Waals surface area contributed by atoms with Crippen LogP contribution in [0.4, 0.5) is 4.39 Å². The Labute approximate surface area is 118 Å². The third-order valence-corrected chi connectivity index (χ3v) is 3.91. The van der Waals surface area contributed by atoms with Crippen LogP contribution in [0.25, 0.3) is 0 Å². The number of methoxy groups -OCH3 is 1. The maximum atomic E-state index is 13.4. The van der Waals surface area contributed by atoms with Crippen molar-refractivity contribution in [3.63, 3.8) is 0 Å². The van der Waals surface area contributed by atoms with Gasteiger partial charge in [0, 0.05) is 13.7 Å². The SMILES string of the molecule is CCC1(C)NC(c2cccc(F)c2)N(CCOC)C1=O. The molecule has 1 N–H and O–H groups in total. The predicted molar refractivity (Wildman–Crippen MR) is 74.6 cm³/mol. The minimum absolute atomic E-state index is 0.0336. The van der Waals surface area contributed by atoms with Crippen LogP contribution in [0.5, 0.6) is 0 Å². The number of carbonyl (C=O) groups excluding carboxylic acids is 1. The van der Waals surface area contributed by atoms with Gasteiger partial charge in [-0.1, -0.05) is 19.1 Å². The van der Waals surface area contributed by atoms with Crippen molar-refractivity contribution < 1.29 is 13.9 Å². The first-order chi connectivity index (χ1) is 9.51. The first-order valence-electron chi connectivity index (χ1n) is 6.85. The van der Waals surface area contributed by atoms with Gasteiger partial charge in [0.25, 0.3) is 0 Å². The van der Waals surface area contributed by atoms with Crippen molar-refractivity contribution in [1.29, 1.82) is 0 Å². The van der Waals surface area contributed by atoms with Crippen LogP contribution in [0, 0.1) is 5.82 Å². The molecule has 0 aliphatic carbocycles. The van der Waals surface area contributed by atoms with Gasteiger partial charge in [-0.3, -0.25) is 10.1 Å². The van der Waals surface area contributed by atoms with Crippen molar-refractivity contribution in [3.05, 3.63) is 35.6 Å². The third-order valence-electron chi connectivity index (χ3n) is 3.91. The lowest BCUT2D eigenvalue weighted by atomic mass is 9.99. The number of hydrogen-bond acceptors (Lipinski definition) is 3. The molecule has 1 heterocycles. The molecule has 0 saturated carbocycles. The Balaban J connectivity index is 2.31. The highest BCUT2D eigenvalue weighted by atomic mass is 19.1. The summed E-state index contributed by atoms with van der Waals surface area (Å²) in [5.74, 6) is -0.264. The minimum atomic E-state index is -0.606. The summed E-state index contributed by atoms with van der Waals surface area (Å²) < 4.78 is 18.5. The molecule has 1 saturated heterocycles. The van der Waals surface area contributed by atoms with Gasteiger partial charge in [-0.2, -0.15) is 0 Å². The zero-order valence-corrected chi connectivity index (χ0v) is 12.1. The van der Waals surface area contributed by atoms with E-state index in [9.17, 15) is 9.18 Å². The lowest BCUT2D eigenvalue weighted by molar-refractivity contribution is -0.133. The van der Waals surface area contributed by atoms with Crippen LogP contribution in [0.2, 0.25) is 0 Å². The Morgan fingerprint density at radius 1 is 1.50 bits per heavy atom. The summed E-state index contributed by atoms with van der Waals surface area (Å²) in [6, 6.07) is 6.35. The van der Waals surface area contributed by atoms with Gasteiger partial charge >= 0.3 is 0 Å². The van der Waals surface area contributed by atoms with E-state index >= 15 is 0 Å². The molecule has 0 radical (unpaired) electrons. The maximum absolute atomic E-state index is 13.4. The topological polar surface area (TPSA) is 41.6 Å². The Kier molecular flexibility index (Phi) is 4.40. The molecule has 110 valence electrons. The van der Waals surface area contributed by atoms with E-state index < -0.39 is 5.54 Å². The smallest absolute Gasteiger partial charge is 0.244 e. The number of amides is 1. The standard InChI is InChI=1S/C15H21FN2O2/c1-4-15(2)14(19)18(8-9-20-3)13(17-15)11-6-5-7-12(16)10-11/h5-7,10,13,17H,4,8-9H2,1-3H3. The summed E-state index contributed by atoms with van der Waals surface area (Å²) >= 11 is 0. The third kappa shape index (κ3) is 2.69. The fraction of sp³-hybridized carbons (Fsp3) is 0.533. The molecule has 0 aromatic heterocycles. The summed E-state index contributed by atoms with van der Waals surface area (Å²) in [4.78, 5) is 14.3. The molecule has 1 aliphatic heterocycles. The molecule has 1 aromatic carbocycles.